The molecule has 0 aromatic carbocycles. The second-order valence-electron chi connectivity index (χ2n) is 3.39. The minimum Gasteiger partial charge on any atom is -0.317 e. The Morgan fingerprint density at radius 3 is 2.23 bits per heavy atom. The van der Waals surface area contributed by atoms with E-state index in [0.29, 0.717) is 12.8 Å². The second-order valence-corrected chi connectivity index (χ2v) is 3.39. The van der Waals surface area contributed by atoms with Gasteiger partial charge in [0.25, 0.3) is 0 Å². The lowest BCUT2D eigenvalue weighted by Crippen LogP contribution is -2.35. The van der Waals surface area contributed by atoms with Crippen molar-refractivity contribution in [2.75, 3.05) is 0 Å². The summed E-state index contributed by atoms with van der Waals surface area (Å²) in [7, 11) is 0. The molecule has 1 unspecified atom stereocenters. The maximum Gasteiger partial charge on any atom is 0.248 e. The van der Waals surface area contributed by atoms with Crippen molar-refractivity contribution in [2.45, 2.75) is 37.6 Å². The predicted octanol–water partition coefficient (Wildman–Crippen LogP) is 2.19. The van der Waals surface area contributed by atoms with Crippen LogP contribution in [0.1, 0.15) is 25.7 Å². The Labute approximate surface area is 83.5 Å². The van der Waals surface area contributed by atoms with Gasteiger partial charge in [0.15, 0.2) is 0 Å². The molecule has 1 nitrogen and oxygen atoms in total. The summed E-state index contributed by atoms with van der Waals surface area (Å²) < 4.78 is 25.3. The average Bonchev–Trinajstić information content (AvgIpc) is 2.03. The molecule has 0 aromatic rings. The van der Waals surface area contributed by atoms with E-state index in [-0.39, 0.29) is 37.2 Å². The molecular formula is C9H14ClF2N. The number of terminal acetylenes is 1. The first-order valence-electron chi connectivity index (χ1n) is 4.15. The summed E-state index contributed by atoms with van der Waals surface area (Å²) in [5.41, 5.74) is 5.56. The summed E-state index contributed by atoms with van der Waals surface area (Å²) in [6.07, 6.45) is 5.90. The van der Waals surface area contributed by atoms with Gasteiger partial charge in [-0.3, -0.25) is 0 Å². The Kier molecular flexibility index (Phi) is 4.66. The van der Waals surface area contributed by atoms with Crippen molar-refractivity contribution < 1.29 is 8.78 Å². The molecule has 0 aliphatic heterocycles. The fourth-order valence-electron chi connectivity index (χ4n) is 1.56. The van der Waals surface area contributed by atoms with Crippen LogP contribution in [-0.4, -0.2) is 12.0 Å². The van der Waals surface area contributed by atoms with E-state index in [9.17, 15) is 8.78 Å². The molecule has 0 radical (unpaired) electrons. The molecule has 4 heteroatoms. The molecule has 13 heavy (non-hydrogen) atoms. The highest BCUT2D eigenvalue weighted by Gasteiger charge is 2.36. The van der Waals surface area contributed by atoms with Crippen LogP contribution in [-0.2, 0) is 0 Å². The summed E-state index contributed by atoms with van der Waals surface area (Å²) in [6, 6.07) is -0.346. The van der Waals surface area contributed by atoms with Crippen LogP contribution in [0.2, 0.25) is 0 Å². The third-order valence-corrected chi connectivity index (χ3v) is 2.46. The highest BCUT2D eigenvalue weighted by molar-refractivity contribution is 5.85. The van der Waals surface area contributed by atoms with E-state index in [1.807, 2.05) is 0 Å². The van der Waals surface area contributed by atoms with Crippen molar-refractivity contribution >= 4 is 12.4 Å². The van der Waals surface area contributed by atoms with Crippen molar-refractivity contribution in [1.82, 2.24) is 0 Å². The van der Waals surface area contributed by atoms with Gasteiger partial charge < -0.3 is 5.73 Å². The minimum absolute atomic E-state index is 0. The zero-order chi connectivity index (χ0) is 9.19. The fourth-order valence-corrected chi connectivity index (χ4v) is 1.56. The molecule has 2 N–H and O–H groups in total. The number of hydrogen-bond donors (Lipinski definition) is 1. The maximum atomic E-state index is 12.7. The normalized spacial score (nSPS) is 24.2. The standard InChI is InChI=1S/C9H13F2N.ClH/c1-2-8(12)7-3-5-9(10,11)6-4-7;/h1,7-8H,3-6,12H2;1H. The van der Waals surface area contributed by atoms with Crippen molar-refractivity contribution in [3.8, 4) is 12.3 Å². The van der Waals surface area contributed by atoms with Crippen molar-refractivity contribution in [3.63, 3.8) is 0 Å². The number of hydrogen-bond acceptors (Lipinski definition) is 1. The Bertz CT molecular complexity index is 190. The van der Waals surface area contributed by atoms with Gasteiger partial charge in [0.2, 0.25) is 5.92 Å². The van der Waals surface area contributed by atoms with Crippen LogP contribution in [0.5, 0.6) is 0 Å². The quantitative estimate of drug-likeness (QED) is 0.659. The molecule has 1 saturated carbocycles. The Hall–Kier alpha value is -0.330. The first kappa shape index (κ1) is 12.7. The monoisotopic (exact) mass is 209 g/mol. The third kappa shape index (κ3) is 3.50. The zero-order valence-corrected chi connectivity index (χ0v) is 8.12. The van der Waals surface area contributed by atoms with Gasteiger partial charge in [-0.05, 0) is 18.8 Å². The fraction of sp³-hybridized carbons (Fsp3) is 0.778. The number of halogens is 3. The van der Waals surface area contributed by atoms with E-state index in [0.717, 1.165) is 0 Å². The molecule has 0 aromatic heterocycles. The van der Waals surface area contributed by atoms with Gasteiger partial charge in [-0.15, -0.1) is 18.8 Å². The van der Waals surface area contributed by atoms with E-state index in [4.69, 9.17) is 12.2 Å². The minimum atomic E-state index is -2.48. The summed E-state index contributed by atoms with van der Waals surface area (Å²) in [5, 5.41) is 0. The second kappa shape index (κ2) is 4.78. The van der Waals surface area contributed by atoms with Gasteiger partial charge in [-0.25, -0.2) is 8.78 Å². The molecule has 1 rings (SSSR count). The Morgan fingerprint density at radius 2 is 1.85 bits per heavy atom. The molecule has 0 amide bonds. The van der Waals surface area contributed by atoms with Gasteiger partial charge in [-0.2, -0.15) is 0 Å². The smallest absolute Gasteiger partial charge is 0.248 e. The summed E-state index contributed by atoms with van der Waals surface area (Å²) in [5.74, 6) is 0.00578. The van der Waals surface area contributed by atoms with E-state index < -0.39 is 5.92 Å². The SMILES string of the molecule is C#CC(N)C1CCC(F)(F)CC1.Cl. The van der Waals surface area contributed by atoms with Crippen LogP contribution < -0.4 is 5.73 Å². The molecule has 0 saturated heterocycles. The molecule has 0 spiro atoms. The lowest BCUT2D eigenvalue weighted by atomic mass is 9.83. The van der Waals surface area contributed by atoms with Crippen LogP contribution in [0.25, 0.3) is 0 Å². The molecule has 1 aliphatic carbocycles. The van der Waals surface area contributed by atoms with E-state index in [2.05, 4.69) is 5.92 Å². The molecule has 1 fully saturated rings. The van der Waals surface area contributed by atoms with Gasteiger partial charge in [0, 0.05) is 12.8 Å². The van der Waals surface area contributed by atoms with Crippen LogP contribution in [0, 0.1) is 18.3 Å². The first-order valence-corrected chi connectivity index (χ1v) is 4.15. The van der Waals surface area contributed by atoms with Crippen LogP contribution in [0.15, 0.2) is 0 Å². The largest absolute Gasteiger partial charge is 0.317 e. The predicted molar refractivity (Wildman–Crippen MR) is 51.0 cm³/mol. The lowest BCUT2D eigenvalue weighted by Gasteiger charge is -2.29. The third-order valence-electron chi connectivity index (χ3n) is 2.46. The van der Waals surface area contributed by atoms with Crippen molar-refractivity contribution in [3.05, 3.63) is 0 Å². The Morgan fingerprint density at radius 1 is 1.38 bits per heavy atom. The molecule has 1 atom stereocenters. The molecular weight excluding hydrogens is 196 g/mol. The zero-order valence-electron chi connectivity index (χ0n) is 7.30. The average molecular weight is 210 g/mol. The molecule has 1 aliphatic rings. The number of rotatable bonds is 1. The van der Waals surface area contributed by atoms with E-state index >= 15 is 0 Å². The van der Waals surface area contributed by atoms with Crippen LogP contribution in [0.3, 0.4) is 0 Å². The van der Waals surface area contributed by atoms with Gasteiger partial charge >= 0.3 is 0 Å². The lowest BCUT2D eigenvalue weighted by molar-refractivity contribution is -0.0465. The summed E-state index contributed by atoms with van der Waals surface area (Å²) in [6.45, 7) is 0. The van der Waals surface area contributed by atoms with Gasteiger partial charge in [0.05, 0.1) is 6.04 Å². The van der Waals surface area contributed by atoms with Crippen molar-refractivity contribution in [1.29, 1.82) is 0 Å². The first-order chi connectivity index (χ1) is 5.55. The topological polar surface area (TPSA) is 26.0 Å². The van der Waals surface area contributed by atoms with E-state index in [1.54, 1.807) is 0 Å². The Balaban J connectivity index is 0.00000144. The summed E-state index contributed by atoms with van der Waals surface area (Å²) >= 11 is 0. The number of alkyl halides is 2. The van der Waals surface area contributed by atoms with E-state index in [1.165, 1.54) is 0 Å². The highest BCUT2D eigenvalue weighted by Crippen LogP contribution is 2.36. The maximum absolute atomic E-state index is 12.7. The molecule has 0 bridgehead atoms. The molecule has 76 valence electrons. The van der Waals surface area contributed by atoms with Crippen molar-refractivity contribution in [2.24, 2.45) is 11.7 Å². The highest BCUT2D eigenvalue weighted by atomic mass is 35.5. The number of nitrogens with two attached hydrogens (primary N) is 1. The van der Waals surface area contributed by atoms with Gasteiger partial charge in [-0.1, -0.05) is 5.92 Å². The molecule has 0 heterocycles. The van der Waals surface area contributed by atoms with Crippen LogP contribution >= 0.6 is 12.4 Å². The van der Waals surface area contributed by atoms with Crippen LogP contribution in [0.4, 0.5) is 8.78 Å². The summed E-state index contributed by atoms with van der Waals surface area (Å²) in [4.78, 5) is 0. The van der Waals surface area contributed by atoms with Gasteiger partial charge in [0.1, 0.15) is 0 Å².